The first kappa shape index (κ1) is 12.6. The number of benzene rings is 1. The summed E-state index contributed by atoms with van der Waals surface area (Å²) < 4.78 is 1.97. The fraction of sp³-hybridized carbons (Fsp3) is 0.231. The van der Waals surface area contributed by atoms with Crippen molar-refractivity contribution in [3.8, 4) is 6.07 Å². The van der Waals surface area contributed by atoms with Crippen molar-refractivity contribution in [2.24, 2.45) is 0 Å². The van der Waals surface area contributed by atoms with Crippen LogP contribution in [0.25, 0.3) is 0 Å². The van der Waals surface area contributed by atoms with E-state index in [2.05, 4.69) is 16.4 Å². The highest BCUT2D eigenvalue weighted by molar-refractivity contribution is 6.31. The molecule has 0 bridgehead atoms. The monoisotopic (exact) mass is 260 g/mol. The minimum Gasteiger partial charge on any atom is -0.333 e. The first-order valence-electron chi connectivity index (χ1n) is 5.56. The molecule has 0 aliphatic rings. The van der Waals surface area contributed by atoms with Gasteiger partial charge in [-0.2, -0.15) is 5.26 Å². The SMILES string of the molecule is CNCc1cn(Cc2ccc(C#N)cc2Cl)cn1. The smallest absolute Gasteiger partial charge is 0.0992 e. The van der Waals surface area contributed by atoms with Crippen molar-refractivity contribution < 1.29 is 0 Å². The zero-order valence-electron chi connectivity index (χ0n) is 10.0. The summed E-state index contributed by atoms with van der Waals surface area (Å²) in [6.45, 7) is 1.40. The van der Waals surface area contributed by atoms with Crippen LogP contribution >= 0.6 is 11.6 Å². The van der Waals surface area contributed by atoms with Crippen LogP contribution in [0.3, 0.4) is 0 Å². The van der Waals surface area contributed by atoms with E-state index in [1.807, 2.05) is 23.9 Å². The van der Waals surface area contributed by atoms with Crippen LogP contribution in [0.5, 0.6) is 0 Å². The predicted molar refractivity (Wildman–Crippen MR) is 70.3 cm³/mol. The number of nitrogens with one attached hydrogen (secondary N) is 1. The molecule has 0 unspecified atom stereocenters. The van der Waals surface area contributed by atoms with Gasteiger partial charge in [-0.25, -0.2) is 4.98 Å². The Morgan fingerprint density at radius 3 is 3.00 bits per heavy atom. The molecular weight excluding hydrogens is 248 g/mol. The van der Waals surface area contributed by atoms with Gasteiger partial charge in [0.25, 0.3) is 0 Å². The summed E-state index contributed by atoms with van der Waals surface area (Å²) in [6, 6.07) is 7.39. The van der Waals surface area contributed by atoms with Crippen LogP contribution in [0, 0.1) is 11.3 Å². The second kappa shape index (κ2) is 5.67. The maximum absolute atomic E-state index is 8.77. The molecule has 18 heavy (non-hydrogen) atoms. The molecule has 5 heteroatoms. The average Bonchev–Trinajstić information content (AvgIpc) is 2.80. The van der Waals surface area contributed by atoms with E-state index in [9.17, 15) is 0 Å². The fourth-order valence-corrected chi connectivity index (χ4v) is 1.95. The van der Waals surface area contributed by atoms with Crippen molar-refractivity contribution in [3.05, 3.63) is 52.6 Å². The number of halogens is 1. The molecule has 0 amide bonds. The van der Waals surface area contributed by atoms with Gasteiger partial charge >= 0.3 is 0 Å². The van der Waals surface area contributed by atoms with E-state index >= 15 is 0 Å². The highest BCUT2D eigenvalue weighted by Crippen LogP contribution is 2.18. The Labute approximate surface area is 111 Å². The Balaban J connectivity index is 2.15. The lowest BCUT2D eigenvalue weighted by molar-refractivity contribution is 0.782. The zero-order valence-corrected chi connectivity index (χ0v) is 10.8. The molecule has 2 rings (SSSR count). The summed E-state index contributed by atoms with van der Waals surface area (Å²) in [7, 11) is 1.89. The van der Waals surface area contributed by atoms with Crippen LogP contribution in [0.2, 0.25) is 5.02 Å². The zero-order chi connectivity index (χ0) is 13.0. The molecule has 2 aromatic rings. The molecule has 0 fully saturated rings. The topological polar surface area (TPSA) is 53.6 Å². The Morgan fingerprint density at radius 2 is 2.33 bits per heavy atom. The maximum Gasteiger partial charge on any atom is 0.0992 e. The Kier molecular flexibility index (Phi) is 3.98. The van der Waals surface area contributed by atoms with Crippen molar-refractivity contribution in [1.82, 2.24) is 14.9 Å². The summed E-state index contributed by atoms with van der Waals surface area (Å²) in [5.74, 6) is 0. The van der Waals surface area contributed by atoms with Gasteiger partial charge < -0.3 is 9.88 Å². The molecule has 1 heterocycles. The summed E-state index contributed by atoms with van der Waals surface area (Å²) in [4.78, 5) is 4.27. The van der Waals surface area contributed by atoms with Gasteiger partial charge in [0, 0.05) is 24.3 Å². The number of hydrogen-bond donors (Lipinski definition) is 1. The first-order valence-corrected chi connectivity index (χ1v) is 5.94. The largest absolute Gasteiger partial charge is 0.333 e. The predicted octanol–water partition coefficient (Wildman–Crippen LogP) is 2.18. The van der Waals surface area contributed by atoms with Crippen LogP contribution in [0.4, 0.5) is 0 Å². The van der Waals surface area contributed by atoms with Crippen molar-refractivity contribution in [2.45, 2.75) is 13.1 Å². The number of nitriles is 1. The van der Waals surface area contributed by atoms with Gasteiger partial charge in [-0.3, -0.25) is 0 Å². The first-order chi connectivity index (χ1) is 8.72. The Morgan fingerprint density at radius 1 is 1.50 bits per heavy atom. The number of rotatable bonds is 4. The van der Waals surface area contributed by atoms with Crippen LogP contribution < -0.4 is 5.32 Å². The van der Waals surface area contributed by atoms with Crippen molar-refractivity contribution in [1.29, 1.82) is 5.26 Å². The third-order valence-corrected chi connectivity index (χ3v) is 2.93. The van der Waals surface area contributed by atoms with Crippen LogP contribution in [-0.4, -0.2) is 16.6 Å². The number of hydrogen-bond acceptors (Lipinski definition) is 3. The van der Waals surface area contributed by atoms with Crippen LogP contribution in [0.1, 0.15) is 16.8 Å². The maximum atomic E-state index is 8.77. The van der Waals surface area contributed by atoms with Crippen molar-refractivity contribution in [2.75, 3.05) is 7.05 Å². The fourth-order valence-electron chi connectivity index (χ4n) is 1.71. The Hall–Kier alpha value is -1.83. The van der Waals surface area contributed by atoms with Gasteiger partial charge in [0.15, 0.2) is 0 Å². The van der Waals surface area contributed by atoms with E-state index in [4.69, 9.17) is 16.9 Å². The molecule has 0 aliphatic heterocycles. The van der Waals surface area contributed by atoms with Gasteiger partial charge in [0.05, 0.1) is 23.7 Å². The van der Waals surface area contributed by atoms with Gasteiger partial charge in [-0.1, -0.05) is 17.7 Å². The van der Waals surface area contributed by atoms with Gasteiger partial charge in [0.2, 0.25) is 0 Å². The van der Waals surface area contributed by atoms with Crippen molar-refractivity contribution in [3.63, 3.8) is 0 Å². The average molecular weight is 261 g/mol. The second-order valence-corrected chi connectivity index (χ2v) is 4.39. The molecule has 0 radical (unpaired) electrons. The molecule has 0 spiro atoms. The molecule has 4 nitrogen and oxygen atoms in total. The normalized spacial score (nSPS) is 10.3. The van der Waals surface area contributed by atoms with E-state index < -0.39 is 0 Å². The number of imidazole rings is 1. The van der Waals surface area contributed by atoms with Crippen LogP contribution in [0.15, 0.2) is 30.7 Å². The third-order valence-electron chi connectivity index (χ3n) is 2.58. The lowest BCUT2D eigenvalue weighted by Gasteiger charge is -2.05. The third kappa shape index (κ3) is 2.89. The van der Waals surface area contributed by atoms with Gasteiger partial charge in [0.1, 0.15) is 0 Å². The summed E-state index contributed by atoms with van der Waals surface area (Å²) in [6.07, 6.45) is 3.76. The molecule has 92 valence electrons. The summed E-state index contributed by atoms with van der Waals surface area (Å²) in [5, 5.41) is 12.4. The molecular formula is C13H13ClN4. The minimum atomic E-state index is 0.574. The summed E-state index contributed by atoms with van der Waals surface area (Å²) >= 11 is 6.13. The van der Waals surface area contributed by atoms with E-state index in [1.54, 1.807) is 18.5 Å². The van der Waals surface area contributed by atoms with E-state index in [0.29, 0.717) is 17.1 Å². The lowest BCUT2D eigenvalue weighted by Crippen LogP contribution is -2.05. The molecule has 0 atom stereocenters. The molecule has 1 N–H and O–H groups in total. The van der Waals surface area contributed by atoms with E-state index in [-0.39, 0.29) is 0 Å². The van der Waals surface area contributed by atoms with Gasteiger partial charge in [-0.05, 0) is 24.7 Å². The molecule has 1 aromatic carbocycles. The minimum absolute atomic E-state index is 0.574. The van der Waals surface area contributed by atoms with Crippen LogP contribution in [-0.2, 0) is 13.1 Å². The number of aromatic nitrogens is 2. The van der Waals surface area contributed by atoms with E-state index in [1.165, 1.54) is 0 Å². The van der Waals surface area contributed by atoms with Gasteiger partial charge in [-0.15, -0.1) is 0 Å². The number of nitrogens with zero attached hydrogens (tertiary/aromatic N) is 3. The van der Waals surface area contributed by atoms with E-state index in [0.717, 1.165) is 17.8 Å². The second-order valence-electron chi connectivity index (χ2n) is 3.99. The molecule has 0 saturated heterocycles. The standard InChI is InChI=1S/C13H13ClN4/c1-16-6-12-8-18(9-17-12)7-11-3-2-10(5-15)4-13(11)14/h2-4,8-9,16H,6-7H2,1H3. The Bertz CT molecular complexity index is 583. The highest BCUT2D eigenvalue weighted by Gasteiger charge is 2.04. The van der Waals surface area contributed by atoms with Crippen molar-refractivity contribution >= 4 is 11.6 Å². The molecule has 0 saturated carbocycles. The lowest BCUT2D eigenvalue weighted by atomic mass is 10.1. The molecule has 0 aliphatic carbocycles. The highest BCUT2D eigenvalue weighted by atomic mass is 35.5. The summed E-state index contributed by atoms with van der Waals surface area (Å²) in [5.41, 5.74) is 2.54. The quantitative estimate of drug-likeness (QED) is 0.917. The molecule has 1 aromatic heterocycles.